The van der Waals surface area contributed by atoms with Crippen LogP contribution in [-0.4, -0.2) is 11.1 Å². The van der Waals surface area contributed by atoms with Crippen molar-refractivity contribution in [3.63, 3.8) is 0 Å². The second-order valence-electron chi connectivity index (χ2n) is 3.49. The molecule has 84 valence electrons. The Kier molecular flexibility index (Phi) is 2.46. The molecule has 1 aliphatic rings. The van der Waals surface area contributed by atoms with Crippen molar-refractivity contribution >= 4 is 0 Å². The highest BCUT2D eigenvalue weighted by atomic mass is 19.4. The molecular formula is C10H7F3N2O. The van der Waals surface area contributed by atoms with Crippen molar-refractivity contribution < 1.29 is 17.9 Å². The average molecular weight is 228 g/mol. The molecule has 0 atom stereocenters. The van der Waals surface area contributed by atoms with Gasteiger partial charge in [-0.05, 0) is 12.8 Å². The zero-order valence-electron chi connectivity index (χ0n) is 8.08. The Balaban J connectivity index is 2.46. The fraction of sp³-hybridized carbons (Fsp3) is 0.400. The van der Waals surface area contributed by atoms with Gasteiger partial charge in [-0.15, -0.1) is 0 Å². The Labute approximate surface area is 89.5 Å². The van der Waals surface area contributed by atoms with E-state index in [4.69, 9.17) is 10.00 Å². The number of aromatic nitrogens is 1. The number of ether oxygens (including phenoxy) is 1. The third kappa shape index (κ3) is 2.08. The summed E-state index contributed by atoms with van der Waals surface area (Å²) >= 11 is 0. The van der Waals surface area contributed by atoms with Crippen molar-refractivity contribution in [1.82, 2.24) is 4.98 Å². The molecule has 16 heavy (non-hydrogen) atoms. The molecule has 0 amide bonds. The van der Waals surface area contributed by atoms with E-state index in [1.807, 2.05) is 0 Å². The van der Waals surface area contributed by atoms with Crippen molar-refractivity contribution in [2.75, 3.05) is 0 Å². The molecule has 0 unspecified atom stereocenters. The molecule has 6 heteroatoms. The smallest absolute Gasteiger partial charge is 0.421 e. The second-order valence-corrected chi connectivity index (χ2v) is 3.49. The third-order valence-electron chi connectivity index (χ3n) is 2.13. The molecule has 1 aliphatic carbocycles. The van der Waals surface area contributed by atoms with Crippen molar-refractivity contribution in [3.8, 4) is 11.8 Å². The van der Waals surface area contributed by atoms with Crippen LogP contribution in [0.3, 0.4) is 0 Å². The van der Waals surface area contributed by atoms with E-state index in [0.29, 0.717) is 0 Å². The lowest BCUT2D eigenvalue weighted by molar-refractivity contribution is -0.139. The molecular weight excluding hydrogens is 221 g/mol. The van der Waals surface area contributed by atoms with E-state index >= 15 is 0 Å². The summed E-state index contributed by atoms with van der Waals surface area (Å²) < 4.78 is 43.2. The van der Waals surface area contributed by atoms with Gasteiger partial charge in [0.1, 0.15) is 11.6 Å². The second kappa shape index (κ2) is 3.67. The molecule has 1 aromatic rings. The molecule has 0 aliphatic heterocycles. The molecule has 0 saturated heterocycles. The van der Waals surface area contributed by atoms with Gasteiger partial charge in [0, 0.05) is 6.20 Å². The highest BCUT2D eigenvalue weighted by Gasteiger charge is 2.39. The minimum absolute atomic E-state index is 0.170. The van der Waals surface area contributed by atoms with Gasteiger partial charge in [-0.2, -0.15) is 18.4 Å². The Morgan fingerprint density at radius 2 is 2.06 bits per heavy atom. The summed E-state index contributed by atoms with van der Waals surface area (Å²) in [7, 11) is 0. The first-order valence-corrected chi connectivity index (χ1v) is 4.64. The van der Waals surface area contributed by atoms with Gasteiger partial charge >= 0.3 is 6.18 Å². The highest BCUT2D eigenvalue weighted by molar-refractivity contribution is 5.46. The van der Waals surface area contributed by atoms with E-state index < -0.39 is 17.3 Å². The highest BCUT2D eigenvalue weighted by Crippen LogP contribution is 2.40. The van der Waals surface area contributed by atoms with E-state index in [2.05, 4.69) is 4.98 Å². The van der Waals surface area contributed by atoms with Gasteiger partial charge in [-0.3, -0.25) is 4.98 Å². The normalized spacial score (nSPS) is 15.6. The van der Waals surface area contributed by atoms with Crippen LogP contribution in [0.1, 0.15) is 24.0 Å². The number of nitrogens with zero attached hydrogens (tertiary/aromatic N) is 2. The summed E-state index contributed by atoms with van der Waals surface area (Å²) in [5.41, 5.74) is -1.54. The van der Waals surface area contributed by atoms with Crippen LogP contribution in [0.2, 0.25) is 0 Å². The fourth-order valence-electron chi connectivity index (χ4n) is 1.27. The molecule has 1 saturated carbocycles. The molecule has 3 nitrogen and oxygen atoms in total. The van der Waals surface area contributed by atoms with Crippen molar-refractivity contribution in [3.05, 3.63) is 23.5 Å². The predicted molar refractivity (Wildman–Crippen MR) is 47.6 cm³/mol. The number of hydrogen-bond acceptors (Lipinski definition) is 3. The zero-order chi connectivity index (χ0) is 11.8. The van der Waals surface area contributed by atoms with Crippen molar-refractivity contribution in [2.24, 2.45) is 0 Å². The number of alkyl halides is 3. The van der Waals surface area contributed by atoms with Crippen LogP contribution in [0, 0.1) is 11.3 Å². The Morgan fingerprint density at radius 1 is 1.38 bits per heavy atom. The average Bonchev–Trinajstić information content (AvgIpc) is 2.99. The van der Waals surface area contributed by atoms with E-state index in [1.165, 1.54) is 6.07 Å². The number of nitriles is 1. The van der Waals surface area contributed by atoms with Gasteiger partial charge in [-0.1, -0.05) is 0 Å². The maximum Gasteiger partial charge on any atom is 0.421 e. The van der Waals surface area contributed by atoms with E-state index in [0.717, 1.165) is 25.2 Å². The Hall–Kier alpha value is -1.77. The number of pyridine rings is 1. The molecule has 0 aromatic carbocycles. The van der Waals surface area contributed by atoms with Gasteiger partial charge < -0.3 is 4.74 Å². The monoisotopic (exact) mass is 228 g/mol. The molecule has 0 radical (unpaired) electrons. The number of halogens is 3. The maximum absolute atomic E-state index is 12.7. The first kappa shape index (κ1) is 10.7. The molecule has 0 spiro atoms. The van der Waals surface area contributed by atoms with Crippen LogP contribution in [-0.2, 0) is 6.18 Å². The lowest BCUT2D eigenvalue weighted by atomic mass is 10.1. The van der Waals surface area contributed by atoms with E-state index in [9.17, 15) is 13.2 Å². The third-order valence-corrected chi connectivity index (χ3v) is 2.13. The lowest BCUT2D eigenvalue weighted by Crippen LogP contribution is -2.12. The summed E-state index contributed by atoms with van der Waals surface area (Å²) in [5, 5.41) is 8.61. The Bertz CT molecular complexity index is 446. The minimum Gasteiger partial charge on any atom is -0.488 e. The number of hydrogen-bond donors (Lipinski definition) is 0. The first-order chi connectivity index (χ1) is 7.52. The van der Waals surface area contributed by atoms with Crippen LogP contribution in [0.5, 0.6) is 5.75 Å². The molecule has 0 N–H and O–H groups in total. The summed E-state index contributed by atoms with van der Waals surface area (Å²) in [6.07, 6.45) is -1.39. The quantitative estimate of drug-likeness (QED) is 0.781. The van der Waals surface area contributed by atoms with Gasteiger partial charge in [0.15, 0.2) is 5.75 Å². The van der Waals surface area contributed by atoms with Gasteiger partial charge in [0.25, 0.3) is 0 Å². The molecule has 1 aromatic heterocycles. The van der Waals surface area contributed by atoms with Crippen LogP contribution < -0.4 is 4.74 Å². The lowest BCUT2D eigenvalue weighted by Gasteiger charge is -2.13. The van der Waals surface area contributed by atoms with Crippen molar-refractivity contribution in [1.29, 1.82) is 5.26 Å². The van der Waals surface area contributed by atoms with E-state index in [1.54, 1.807) is 0 Å². The van der Waals surface area contributed by atoms with Crippen LogP contribution >= 0.6 is 0 Å². The van der Waals surface area contributed by atoms with Gasteiger partial charge in [0.05, 0.1) is 17.9 Å². The van der Waals surface area contributed by atoms with Gasteiger partial charge in [-0.25, -0.2) is 0 Å². The molecule has 0 bridgehead atoms. The zero-order valence-corrected chi connectivity index (χ0v) is 8.08. The Morgan fingerprint density at radius 3 is 2.56 bits per heavy atom. The van der Waals surface area contributed by atoms with Crippen LogP contribution in [0.25, 0.3) is 0 Å². The van der Waals surface area contributed by atoms with Crippen LogP contribution in [0.15, 0.2) is 12.4 Å². The largest absolute Gasteiger partial charge is 0.488 e. The van der Waals surface area contributed by atoms with Crippen molar-refractivity contribution in [2.45, 2.75) is 25.1 Å². The maximum atomic E-state index is 12.7. The van der Waals surface area contributed by atoms with Gasteiger partial charge in [0.2, 0.25) is 0 Å². The van der Waals surface area contributed by atoms with Crippen LogP contribution in [0.4, 0.5) is 13.2 Å². The molecule has 2 rings (SSSR count). The summed E-state index contributed by atoms with van der Waals surface area (Å²) in [6, 6.07) is 1.47. The van der Waals surface area contributed by atoms with E-state index in [-0.39, 0.29) is 11.9 Å². The fourth-order valence-corrected chi connectivity index (χ4v) is 1.27. The minimum atomic E-state index is -4.60. The topological polar surface area (TPSA) is 45.9 Å². The predicted octanol–water partition coefficient (Wildman–Crippen LogP) is 2.51. The summed E-state index contributed by atoms with van der Waals surface area (Å²) in [4.78, 5) is 3.56. The summed E-state index contributed by atoms with van der Waals surface area (Å²) in [6.45, 7) is 0. The molecule has 1 fully saturated rings. The SMILES string of the molecule is N#Cc1cncc(OC2CC2)c1C(F)(F)F. The molecule has 1 heterocycles. The first-order valence-electron chi connectivity index (χ1n) is 4.64. The summed E-state index contributed by atoms with van der Waals surface area (Å²) in [5.74, 6) is -0.353. The standard InChI is InChI=1S/C10H7F3N2O/c11-10(12,13)9-6(3-14)4-15-5-8(9)16-7-1-2-7/h4-5,7H,1-2H2. The number of rotatable bonds is 2.